The van der Waals surface area contributed by atoms with Crippen LogP contribution in [0.2, 0.25) is 0 Å². The first-order valence-corrected chi connectivity index (χ1v) is 8.99. The highest BCUT2D eigenvalue weighted by Crippen LogP contribution is 2.29. The molecule has 1 amide bonds. The van der Waals surface area contributed by atoms with Crippen LogP contribution in [0.1, 0.15) is 18.4 Å². The molecule has 3 rings (SSSR count). The fourth-order valence-corrected chi connectivity index (χ4v) is 3.49. The van der Waals surface area contributed by atoms with E-state index >= 15 is 0 Å². The Morgan fingerprint density at radius 1 is 1.30 bits per heavy atom. The van der Waals surface area contributed by atoms with Gasteiger partial charge >= 0.3 is 0 Å². The van der Waals surface area contributed by atoms with Crippen molar-refractivity contribution in [3.05, 3.63) is 23.9 Å². The summed E-state index contributed by atoms with van der Waals surface area (Å²) in [6.45, 7) is 5.90. The van der Waals surface area contributed by atoms with Gasteiger partial charge in [0.2, 0.25) is 5.91 Å². The lowest BCUT2D eigenvalue weighted by Crippen LogP contribution is -2.49. The lowest BCUT2D eigenvalue weighted by Gasteiger charge is -2.35. The second-order valence-electron chi connectivity index (χ2n) is 6.77. The van der Waals surface area contributed by atoms with Crippen molar-refractivity contribution in [3.8, 4) is 0 Å². The van der Waals surface area contributed by atoms with Gasteiger partial charge in [0, 0.05) is 32.9 Å². The number of carbonyl (C=O) groups is 1. The highest BCUT2D eigenvalue weighted by Gasteiger charge is 2.39. The number of morpholine rings is 1. The van der Waals surface area contributed by atoms with E-state index in [0.29, 0.717) is 13.2 Å². The molecule has 0 spiro atoms. The van der Waals surface area contributed by atoms with Gasteiger partial charge in [-0.05, 0) is 37.6 Å². The number of pyridine rings is 1. The number of rotatable bonds is 6. The third-order valence-electron chi connectivity index (χ3n) is 5.06. The molecule has 0 atom stereocenters. The minimum absolute atomic E-state index is 0. The number of methoxy groups -OCH3 is 1. The van der Waals surface area contributed by atoms with Crippen molar-refractivity contribution in [2.75, 3.05) is 58.0 Å². The predicted octanol–water partition coefficient (Wildman–Crippen LogP) is 1.39. The van der Waals surface area contributed by atoms with Gasteiger partial charge in [0.05, 0.1) is 25.2 Å². The molecule has 0 radical (unpaired) electrons. The topological polar surface area (TPSA) is 75.7 Å². The Morgan fingerprint density at radius 3 is 2.59 bits per heavy atom. The van der Waals surface area contributed by atoms with Crippen LogP contribution in [0.15, 0.2) is 18.3 Å². The van der Waals surface area contributed by atoms with Crippen LogP contribution < -0.4 is 15.5 Å². The molecular weight excluding hydrogens is 391 g/mol. The van der Waals surface area contributed by atoms with Gasteiger partial charge in [0.15, 0.2) is 0 Å². The number of amides is 1. The summed E-state index contributed by atoms with van der Waals surface area (Å²) in [5.41, 5.74) is 0.591. The molecule has 0 aromatic carbocycles. The molecule has 27 heavy (non-hydrogen) atoms. The normalized spacial score (nSPS) is 18.8. The molecule has 9 heteroatoms. The largest absolute Gasteiger partial charge is 0.384 e. The van der Waals surface area contributed by atoms with Crippen LogP contribution in [0.4, 0.5) is 5.82 Å². The Morgan fingerprint density at radius 2 is 2.00 bits per heavy atom. The molecule has 154 valence electrons. The Kier molecular flexibility index (Phi) is 10.3. The number of anilines is 1. The summed E-state index contributed by atoms with van der Waals surface area (Å²) in [7, 11) is 1.66. The number of piperidine rings is 1. The van der Waals surface area contributed by atoms with Gasteiger partial charge < -0.3 is 25.0 Å². The van der Waals surface area contributed by atoms with E-state index in [1.165, 1.54) is 0 Å². The zero-order chi connectivity index (χ0) is 17.5. The summed E-state index contributed by atoms with van der Waals surface area (Å²) in [5, 5.41) is 6.38. The lowest BCUT2D eigenvalue weighted by molar-refractivity contribution is -0.136. The van der Waals surface area contributed by atoms with E-state index in [-0.39, 0.29) is 30.7 Å². The van der Waals surface area contributed by atoms with Crippen molar-refractivity contribution < 1.29 is 14.3 Å². The number of nitrogens with one attached hydrogen (secondary N) is 2. The minimum Gasteiger partial charge on any atom is -0.384 e. The molecule has 2 aliphatic rings. The Labute approximate surface area is 173 Å². The fourth-order valence-electron chi connectivity index (χ4n) is 3.49. The van der Waals surface area contributed by atoms with Crippen molar-refractivity contribution in [2.24, 2.45) is 5.41 Å². The van der Waals surface area contributed by atoms with E-state index in [1.807, 2.05) is 18.3 Å². The lowest BCUT2D eigenvalue weighted by atomic mass is 9.78. The van der Waals surface area contributed by atoms with Crippen molar-refractivity contribution in [3.63, 3.8) is 0 Å². The van der Waals surface area contributed by atoms with Gasteiger partial charge in [0.1, 0.15) is 5.82 Å². The molecule has 0 saturated carbocycles. The van der Waals surface area contributed by atoms with Crippen molar-refractivity contribution in [2.45, 2.75) is 19.4 Å². The predicted molar refractivity (Wildman–Crippen MR) is 110 cm³/mol. The maximum Gasteiger partial charge on any atom is 0.228 e. The van der Waals surface area contributed by atoms with E-state index in [4.69, 9.17) is 9.47 Å². The van der Waals surface area contributed by atoms with E-state index in [2.05, 4.69) is 20.5 Å². The van der Waals surface area contributed by atoms with E-state index in [9.17, 15) is 4.79 Å². The summed E-state index contributed by atoms with van der Waals surface area (Å²) < 4.78 is 10.7. The molecular formula is C18H30Cl2N4O3. The van der Waals surface area contributed by atoms with Crippen LogP contribution >= 0.6 is 24.8 Å². The Hall–Kier alpha value is -1.12. The van der Waals surface area contributed by atoms with E-state index in [1.54, 1.807) is 7.11 Å². The van der Waals surface area contributed by atoms with E-state index in [0.717, 1.165) is 63.6 Å². The zero-order valence-electron chi connectivity index (χ0n) is 15.7. The van der Waals surface area contributed by atoms with Gasteiger partial charge in [-0.15, -0.1) is 24.8 Å². The van der Waals surface area contributed by atoms with E-state index < -0.39 is 5.41 Å². The third-order valence-corrected chi connectivity index (χ3v) is 5.06. The summed E-state index contributed by atoms with van der Waals surface area (Å²) >= 11 is 0. The molecule has 2 saturated heterocycles. The first kappa shape index (κ1) is 23.9. The van der Waals surface area contributed by atoms with Crippen LogP contribution in [-0.4, -0.2) is 64.0 Å². The van der Waals surface area contributed by atoms with Crippen molar-refractivity contribution >= 4 is 36.5 Å². The van der Waals surface area contributed by atoms with Crippen LogP contribution in [0, 0.1) is 5.41 Å². The zero-order valence-corrected chi connectivity index (χ0v) is 17.4. The van der Waals surface area contributed by atoms with Crippen LogP contribution in [-0.2, 0) is 20.8 Å². The first-order valence-electron chi connectivity index (χ1n) is 8.99. The molecule has 7 nitrogen and oxygen atoms in total. The molecule has 1 aromatic rings. The fraction of sp³-hybridized carbons (Fsp3) is 0.667. The SMILES string of the molecule is COCC1(C(=O)NCc2ccc(N3CCOCC3)nc2)CCNCC1.Cl.Cl. The van der Waals surface area contributed by atoms with Crippen LogP contribution in [0.5, 0.6) is 0 Å². The number of aromatic nitrogens is 1. The monoisotopic (exact) mass is 420 g/mol. The second-order valence-corrected chi connectivity index (χ2v) is 6.77. The van der Waals surface area contributed by atoms with Crippen LogP contribution in [0.3, 0.4) is 0 Å². The molecule has 2 aliphatic heterocycles. The summed E-state index contributed by atoms with van der Waals surface area (Å²) in [5.74, 6) is 1.04. The second kappa shape index (κ2) is 11.7. The summed E-state index contributed by atoms with van der Waals surface area (Å²) in [4.78, 5) is 19.5. The molecule has 0 unspecified atom stereocenters. The maximum absolute atomic E-state index is 12.7. The number of carbonyl (C=O) groups excluding carboxylic acids is 1. The number of hydrogen-bond donors (Lipinski definition) is 2. The quantitative estimate of drug-likeness (QED) is 0.723. The maximum atomic E-state index is 12.7. The van der Waals surface area contributed by atoms with Crippen LogP contribution in [0.25, 0.3) is 0 Å². The van der Waals surface area contributed by atoms with Gasteiger partial charge in [0.25, 0.3) is 0 Å². The molecule has 2 N–H and O–H groups in total. The smallest absolute Gasteiger partial charge is 0.228 e. The number of hydrogen-bond acceptors (Lipinski definition) is 6. The van der Waals surface area contributed by atoms with Gasteiger partial charge in [-0.1, -0.05) is 6.07 Å². The average molecular weight is 421 g/mol. The standard InChI is InChI=1S/C18H28N4O3.2ClH/c1-24-14-18(4-6-19-7-5-18)17(23)21-13-15-2-3-16(20-12-15)22-8-10-25-11-9-22;;/h2-3,12,19H,4-11,13-14H2,1H3,(H,21,23);2*1H. The van der Waals surface area contributed by atoms with Gasteiger partial charge in [-0.2, -0.15) is 0 Å². The minimum atomic E-state index is -0.416. The van der Waals surface area contributed by atoms with Crippen molar-refractivity contribution in [1.29, 1.82) is 0 Å². The molecule has 2 fully saturated rings. The number of halogens is 2. The van der Waals surface area contributed by atoms with Gasteiger partial charge in [-0.3, -0.25) is 4.79 Å². The Balaban J connectivity index is 0.00000182. The molecule has 0 aliphatic carbocycles. The highest BCUT2D eigenvalue weighted by atomic mass is 35.5. The number of ether oxygens (including phenoxy) is 2. The third kappa shape index (κ3) is 6.19. The Bertz CT molecular complexity index is 557. The average Bonchev–Trinajstić information content (AvgIpc) is 2.68. The highest BCUT2D eigenvalue weighted by molar-refractivity contribution is 5.85. The van der Waals surface area contributed by atoms with Crippen molar-refractivity contribution in [1.82, 2.24) is 15.6 Å². The number of nitrogens with zero attached hydrogens (tertiary/aromatic N) is 2. The molecule has 0 bridgehead atoms. The summed E-state index contributed by atoms with van der Waals surface area (Å²) in [6.07, 6.45) is 3.46. The molecule has 1 aromatic heterocycles. The first-order chi connectivity index (χ1) is 12.2. The molecule has 3 heterocycles. The summed E-state index contributed by atoms with van der Waals surface area (Å²) in [6, 6.07) is 4.05. The van der Waals surface area contributed by atoms with Gasteiger partial charge in [-0.25, -0.2) is 4.98 Å².